The molecule has 96 valence electrons. The fraction of sp³-hybridized carbons (Fsp3) is 0.182. The number of anilines is 1. The van der Waals surface area contributed by atoms with Gasteiger partial charge in [-0.3, -0.25) is 9.71 Å². The predicted molar refractivity (Wildman–Crippen MR) is 76.5 cm³/mol. The average Bonchev–Trinajstić information content (AvgIpc) is 2.62. The van der Waals surface area contributed by atoms with Gasteiger partial charge in [-0.2, -0.15) is 0 Å². The second kappa shape index (κ2) is 4.99. The van der Waals surface area contributed by atoms with Gasteiger partial charge in [0.25, 0.3) is 10.0 Å². The van der Waals surface area contributed by atoms with Crippen molar-refractivity contribution in [2.24, 2.45) is 0 Å². The van der Waals surface area contributed by atoms with Crippen molar-refractivity contribution in [3.05, 3.63) is 38.8 Å². The number of halogens is 1. The zero-order chi connectivity index (χ0) is 13.3. The summed E-state index contributed by atoms with van der Waals surface area (Å²) in [5.41, 5.74) is 1.33. The fourth-order valence-electron chi connectivity index (χ4n) is 1.49. The highest BCUT2D eigenvalue weighted by atomic mass is 79.9. The largest absolute Gasteiger partial charge is 0.279 e. The molecule has 0 bridgehead atoms. The molecule has 18 heavy (non-hydrogen) atoms. The van der Waals surface area contributed by atoms with Crippen LogP contribution in [-0.4, -0.2) is 13.4 Å². The first kappa shape index (κ1) is 13.5. The predicted octanol–water partition coefficient (Wildman–Crippen LogP) is 3.32. The number of thiophene rings is 1. The van der Waals surface area contributed by atoms with Crippen molar-refractivity contribution in [1.82, 2.24) is 4.98 Å². The summed E-state index contributed by atoms with van der Waals surface area (Å²) in [6.07, 6.45) is 3.18. The molecule has 0 aliphatic rings. The van der Waals surface area contributed by atoms with Crippen LogP contribution in [-0.2, 0) is 10.0 Å². The lowest BCUT2D eigenvalue weighted by molar-refractivity contribution is 0.601. The van der Waals surface area contributed by atoms with Crippen LogP contribution < -0.4 is 4.72 Å². The molecule has 2 rings (SSSR count). The number of hydrogen-bond donors (Lipinski definition) is 1. The Kier molecular flexibility index (Phi) is 3.74. The maximum Gasteiger partial charge on any atom is 0.263 e. The zero-order valence-electron chi connectivity index (χ0n) is 9.77. The van der Waals surface area contributed by atoms with E-state index >= 15 is 0 Å². The van der Waals surface area contributed by atoms with Gasteiger partial charge < -0.3 is 0 Å². The van der Waals surface area contributed by atoms with Crippen molar-refractivity contribution < 1.29 is 8.42 Å². The standard InChI is InChI=1S/C11H11BrN2O2S2/c1-7-6-13-4-3-9(7)14-18(15,16)10-5-11(12)17-8(10)2/h3-6H,1-2H3,(H,13,14). The third-order valence-electron chi connectivity index (χ3n) is 2.40. The van der Waals surface area contributed by atoms with Crippen LogP contribution in [0.25, 0.3) is 0 Å². The Morgan fingerprint density at radius 1 is 1.39 bits per heavy atom. The number of rotatable bonds is 3. The molecule has 0 radical (unpaired) electrons. The van der Waals surface area contributed by atoms with Crippen LogP contribution in [0, 0.1) is 13.8 Å². The number of pyridine rings is 1. The van der Waals surface area contributed by atoms with Gasteiger partial charge in [-0.05, 0) is 47.5 Å². The molecule has 2 heterocycles. The first-order valence-electron chi connectivity index (χ1n) is 5.09. The summed E-state index contributed by atoms with van der Waals surface area (Å²) in [5, 5.41) is 0. The van der Waals surface area contributed by atoms with E-state index in [-0.39, 0.29) is 0 Å². The van der Waals surface area contributed by atoms with Gasteiger partial charge in [0.05, 0.1) is 9.47 Å². The number of hydrogen-bond acceptors (Lipinski definition) is 4. The van der Waals surface area contributed by atoms with Crippen LogP contribution in [0.4, 0.5) is 5.69 Å². The van der Waals surface area contributed by atoms with Crippen molar-refractivity contribution in [3.63, 3.8) is 0 Å². The molecule has 0 unspecified atom stereocenters. The summed E-state index contributed by atoms with van der Waals surface area (Å²) < 4.78 is 27.9. The van der Waals surface area contributed by atoms with Gasteiger partial charge in [0.2, 0.25) is 0 Å². The lowest BCUT2D eigenvalue weighted by Gasteiger charge is -2.09. The highest BCUT2D eigenvalue weighted by molar-refractivity contribution is 9.11. The van der Waals surface area contributed by atoms with E-state index in [0.717, 1.165) is 14.2 Å². The van der Waals surface area contributed by atoms with Gasteiger partial charge in [0.1, 0.15) is 4.90 Å². The van der Waals surface area contributed by atoms with E-state index in [1.807, 2.05) is 0 Å². The Morgan fingerprint density at radius 2 is 2.11 bits per heavy atom. The summed E-state index contributed by atoms with van der Waals surface area (Å²) >= 11 is 4.69. The number of sulfonamides is 1. The molecule has 0 fully saturated rings. The number of nitrogens with one attached hydrogen (secondary N) is 1. The third kappa shape index (κ3) is 2.73. The Hall–Kier alpha value is -0.920. The molecule has 0 amide bonds. The topological polar surface area (TPSA) is 59.1 Å². The van der Waals surface area contributed by atoms with Crippen molar-refractivity contribution >= 4 is 43.0 Å². The van der Waals surface area contributed by atoms with E-state index in [2.05, 4.69) is 25.6 Å². The Balaban J connectivity index is 2.40. The van der Waals surface area contributed by atoms with Gasteiger partial charge in [0, 0.05) is 17.3 Å². The number of aromatic nitrogens is 1. The molecular weight excluding hydrogens is 336 g/mol. The van der Waals surface area contributed by atoms with E-state index in [0.29, 0.717) is 10.6 Å². The van der Waals surface area contributed by atoms with Crippen LogP contribution in [0.2, 0.25) is 0 Å². The quantitative estimate of drug-likeness (QED) is 0.927. The average molecular weight is 347 g/mol. The minimum Gasteiger partial charge on any atom is -0.279 e. The Morgan fingerprint density at radius 3 is 2.67 bits per heavy atom. The highest BCUT2D eigenvalue weighted by Gasteiger charge is 2.20. The maximum absolute atomic E-state index is 12.2. The lowest BCUT2D eigenvalue weighted by Crippen LogP contribution is -2.13. The van der Waals surface area contributed by atoms with E-state index in [9.17, 15) is 8.42 Å². The van der Waals surface area contributed by atoms with Crippen molar-refractivity contribution in [1.29, 1.82) is 0 Å². The van der Waals surface area contributed by atoms with Gasteiger partial charge in [-0.1, -0.05) is 0 Å². The summed E-state index contributed by atoms with van der Waals surface area (Å²) in [4.78, 5) is 4.98. The number of aryl methyl sites for hydroxylation is 2. The van der Waals surface area contributed by atoms with Gasteiger partial charge in [0.15, 0.2) is 0 Å². The lowest BCUT2D eigenvalue weighted by atomic mass is 10.3. The zero-order valence-corrected chi connectivity index (χ0v) is 13.0. The smallest absolute Gasteiger partial charge is 0.263 e. The minimum absolute atomic E-state index is 0.301. The third-order valence-corrected chi connectivity index (χ3v) is 5.57. The van der Waals surface area contributed by atoms with Crippen LogP contribution in [0.1, 0.15) is 10.4 Å². The summed E-state index contributed by atoms with van der Waals surface area (Å²) in [5.74, 6) is 0. The highest BCUT2D eigenvalue weighted by Crippen LogP contribution is 2.31. The molecule has 0 saturated heterocycles. The van der Waals surface area contributed by atoms with Gasteiger partial charge >= 0.3 is 0 Å². The van der Waals surface area contributed by atoms with E-state index in [4.69, 9.17) is 0 Å². The molecule has 0 atom stereocenters. The van der Waals surface area contributed by atoms with E-state index < -0.39 is 10.0 Å². The molecule has 0 aliphatic heterocycles. The second-order valence-corrected chi connectivity index (χ2v) is 8.05. The van der Waals surface area contributed by atoms with Crippen LogP contribution >= 0.6 is 27.3 Å². The molecule has 2 aromatic heterocycles. The summed E-state index contributed by atoms with van der Waals surface area (Å²) in [7, 11) is -3.54. The van der Waals surface area contributed by atoms with Crippen LogP contribution in [0.5, 0.6) is 0 Å². The first-order chi connectivity index (χ1) is 8.40. The van der Waals surface area contributed by atoms with Crippen LogP contribution in [0.15, 0.2) is 33.2 Å². The molecule has 0 aromatic carbocycles. The van der Waals surface area contributed by atoms with Crippen molar-refractivity contribution in [3.8, 4) is 0 Å². The normalized spacial score (nSPS) is 11.5. The number of nitrogens with zero attached hydrogens (tertiary/aromatic N) is 1. The van der Waals surface area contributed by atoms with Gasteiger partial charge in [-0.15, -0.1) is 11.3 Å². The molecule has 0 aliphatic carbocycles. The molecule has 2 aromatic rings. The van der Waals surface area contributed by atoms with E-state index in [1.54, 1.807) is 38.4 Å². The first-order valence-corrected chi connectivity index (χ1v) is 8.19. The Labute approximate surface area is 118 Å². The molecule has 0 spiro atoms. The molecule has 7 heteroatoms. The van der Waals surface area contributed by atoms with Crippen LogP contribution in [0.3, 0.4) is 0 Å². The van der Waals surface area contributed by atoms with E-state index in [1.165, 1.54) is 11.3 Å². The van der Waals surface area contributed by atoms with Crippen molar-refractivity contribution in [2.75, 3.05) is 4.72 Å². The molecule has 1 N–H and O–H groups in total. The van der Waals surface area contributed by atoms with Gasteiger partial charge in [-0.25, -0.2) is 8.42 Å². The Bertz CT molecular complexity index is 680. The molecular formula is C11H11BrN2O2S2. The molecule has 4 nitrogen and oxygen atoms in total. The second-order valence-electron chi connectivity index (χ2n) is 3.77. The summed E-state index contributed by atoms with van der Waals surface area (Å²) in [6, 6.07) is 3.25. The minimum atomic E-state index is -3.54. The fourth-order valence-corrected chi connectivity index (χ4v) is 5.03. The maximum atomic E-state index is 12.2. The SMILES string of the molecule is Cc1cnccc1NS(=O)(=O)c1cc(Br)sc1C. The summed E-state index contributed by atoms with van der Waals surface area (Å²) in [6.45, 7) is 3.59. The monoisotopic (exact) mass is 346 g/mol. The molecule has 0 saturated carbocycles. The van der Waals surface area contributed by atoms with Crippen molar-refractivity contribution in [2.45, 2.75) is 18.7 Å².